The van der Waals surface area contributed by atoms with Crippen molar-refractivity contribution >= 4 is 17.0 Å². The highest BCUT2D eigenvalue weighted by molar-refractivity contribution is 5.77. The van der Waals surface area contributed by atoms with Crippen LogP contribution in [0.2, 0.25) is 0 Å². The molecule has 0 aliphatic rings. The largest absolute Gasteiger partial charge is 0.497 e. The first kappa shape index (κ1) is 18.9. The minimum Gasteiger partial charge on any atom is -0.497 e. The van der Waals surface area contributed by atoms with Crippen LogP contribution < -0.4 is 10.2 Å². The summed E-state index contributed by atoms with van der Waals surface area (Å²) in [6.45, 7) is 0. The third-order valence-electron chi connectivity index (χ3n) is 4.39. The summed E-state index contributed by atoms with van der Waals surface area (Å²) in [5.74, 6) is 0.805. The van der Waals surface area contributed by atoms with Gasteiger partial charge in [-0.05, 0) is 42.7 Å². The fraction of sp³-hybridized carbons (Fsp3) is 0.300. The summed E-state index contributed by atoms with van der Waals surface area (Å²) in [4.78, 5) is 15.4. The molecule has 1 atom stereocenters. The molecule has 0 spiro atoms. The number of hydrogen-bond acceptors (Lipinski definition) is 6. The molecule has 1 heterocycles. The van der Waals surface area contributed by atoms with Crippen LogP contribution in [0.1, 0.15) is 37.4 Å². The molecular weight excluding hydrogens is 348 g/mol. The van der Waals surface area contributed by atoms with Gasteiger partial charge in [-0.2, -0.15) is 0 Å². The molecule has 1 aromatic heterocycles. The van der Waals surface area contributed by atoms with Crippen molar-refractivity contribution in [2.24, 2.45) is 0 Å². The highest BCUT2D eigenvalue weighted by Crippen LogP contribution is 2.28. The number of fused-ring (bicyclic) bond motifs is 1. The predicted molar refractivity (Wildman–Crippen MR) is 99.4 cm³/mol. The zero-order valence-electron chi connectivity index (χ0n) is 15.0. The van der Waals surface area contributed by atoms with Gasteiger partial charge in [-0.25, -0.2) is 10.5 Å². The molecule has 1 amide bonds. The molecule has 0 saturated heterocycles. The van der Waals surface area contributed by atoms with E-state index in [2.05, 4.69) is 4.98 Å². The molecule has 0 bridgehead atoms. The molecule has 27 heavy (non-hydrogen) atoms. The Bertz CT molecular complexity index is 904. The van der Waals surface area contributed by atoms with Gasteiger partial charge in [-0.3, -0.25) is 10.0 Å². The lowest BCUT2D eigenvalue weighted by molar-refractivity contribution is -0.129. The van der Waals surface area contributed by atoms with Crippen LogP contribution in [0.3, 0.4) is 0 Å². The summed E-state index contributed by atoms with van der Waals surface area (Å²) in [6, 6.07) is 12.9. The summed E-state index contributed by atoms with van der Waals surface area (Å²) in [5.41, 5.74) is 4.62. The van der Waals surface area contributed by atoms with Gasteiger partial charge in [0.15, 0.2) is 5.58 Å². The number of hydroxylamine groups is 1. The van der Waals surface area contributed by atoms with Crippen LogP contribution in [0.15, 0.2) is 46.9 Å². The standard InChI is InChI=1S/C20H22N2O5/c1-26-15-10-11-16-18(12-15)27-20(21-16)14-8-6-13(7-9-14)17(23)4-2-3-5-19(24)22-25/h6-12,17,23,25H,2-5H2,1H3,(H,22,24). The van der Waals surface area contributed by atoms with Gasteiger partial charge >= 0.3 is 0 Å². The van der Waals surface area contributed by atoms with Crippen molar-refractivity contribution in [3.63, 3.8) is 0 Å². The van der Waals surface area contributed by atoms with Crippen LogP contribution in [0.4, 0.5) is 0 Å². The lowest BCUT2D eigenvalue weighted by Gasteiger charge is -2.11. The van der Waals surface area contributed by atoms with Gasteiger partial charge in [0.25, 0.3) is 0 Å². The summed E-state index contributed by atoms with van der Waals surface area (Å²) < 4.78 is 11.0. The molecule has 0 aliphatic heterocycles. The number of aliphatic hydroxyl groups excluding tert-OH is 1. The maximum absolute atomic E-state index is 11.0. The number of aliphatic hydroxyl groups is 1. The van der Waals surface area contributed by atoms with Gasteiger partial charge < -0.3 is 14.3 Å². The topological polar surface area (TPSA) is 105 Å². The van der Waals surface area contributed by atoms with Crippen LogP contribution in [-0.2, 0) is 4.79 Å². The predicted octanol–water partition coefficient (Wildman–Crippen LogP) is 3.60. The zero-order valence-corrected chi connectivity index (χ0v) is 15.0. The molecule has 2 aromatic carbocycles. The summed E-state index contributed by atoms with van der Waals surface area (Å²) in [7, 11) is 1.60. The monoisotopic (exact) mass is 370 g/mol. The Morgan fingerprint density at radius 2 is 2.00 bits per heavy atom. The fourth-order valence-electron chi connectivity index (χ4n) is 2.85. The summed E-state index contributed by atoms with van der Waals surface area (Å²) >= 11 is 0. The van der Waals surface area contributed by atoms with E-state index in [1.807, 2.05) is 36.4 Å². The number of carbonyl (C=O) groups excluding carboxylic acids is 1. The van der Waals surface area contributed by atoms with Gasteiger partial charge in [-0.15, -0.1) is 0 Å². The Hall–Kier alpha value is -2.90. The van der Waals surface area contributed by atoms with E-state index in [0.29, 0.717) is 36.5 Å². The first-order valence-corrected chi connectivity index (χ1v) is 8.76. The molecule has 0 fully saturated rings. The maximum atomic E-state index is 11.0. The van der Waals surface area contributed by atoms with E-state index in [9.17, 15) is 9.90 Å². The first-order chi connectivity index (χ1) is 13.1. The highest BCUT2D eigenvalue weighted by atomic mass is 16.5. The van der Waals surface area contributed by atoms with Crippen molar-refractivity contribution in [1.82, 2.24) is 10.5 Å². The SMILES string of the molecule is COc1ccc2nc(-c3ccc(C(O)CCCCC(=O)NO)cc3)oc2c1. The fourth-order valence-corrected chi connectivity index (χ4v) is 2.85. The minimum atomic E-state index is -0.607. The Morgan fingerprint density at radius 1 is 1.22 bits per heavy atom. The lowest BCUT2D eigenvalue weighted by Crippen LogP contribution is -2.17. The number of nitrogens with one attached hydrogen (secondary N) is 1. The average molecular weight is 370 g/mol. The third-order valence-corrected chi connectivity index (χ3v) is 4.39. The van der Waals surface area contributed by atoms with E-state index in [1.165, 1.54) is 0 Å². The van der Waals surface area contributed by atoms with Crippen molar-refractivity contribution in [1.29, 1.82) is 0 Å². The van der Waals surface area contributed by atoms with Crippen LogP contribution in [0, 0.1) is 0 Å². The Balaban J connectivity index is 1.63. The molecule has 0 radical (unpaired) electrons. The van der Waals surface area contributed by atoms with E-state index in [0.717, 1.165) is 16.6 Å². The molecule has 0 saturated carbocycles. The van der Waals surface area contributed by atoms with Crippen LogP contribution in [0.5, 0.6) is 5.75 Å². The summed E-state index contributed by atoms with van der Waals surface area (Å²) in [6.07, 6.45) is 1.46. The van der Waals surface area contributed by atoms with Crippen molar-refractivity contribution in [3.8, 4) is 17.2 Å². The number of carbonyl (C=O) groups is 1. The van der Waals surface area contributed by atoms with Crippen molar-refractivity contribution < 1.29 is 24.3 Å². The Morgan fingerprint density at radius 3 is 2.70 bits per heavy atom. The second kappa shape index (κ2) is 8.66. The Kier molecular flexibility index (Phi) is 6.05. The van der Waals surface area contributed by atoms with E-state index in [1.54, 1.807) is 18.7 Å². The normalized spacial score (nSPS) is 12.1. The van der Waals surface area contributed by atoms with Crippen molar-refractivity contribution in [2.75, 3.05) is 7.11 Å². The molecule has 3 N–H and O–H groups in total. The zero-order chi connectivity index (χ0) is 19.2. The number of unbranched alkanes of at least 4 members (excludes halogenated alkanes) is 1. The highest BCUT2D eigenvalue weighted by Gasteiger charge is 2.12. The number of oxazole rings is 1. The van der Waals surface area contributed by atoms with E-state index in [-0.39, 0.29) is 6.42 Å². The molecule has 7 heteroatoms. The summed E-state index contributed by atoms with van der Waals surface area (Å²) in [5, 5.41) is 18.7. The second-order valence-electron chi connectivity index (χ2n) is 6.27. The van der Waals surface area contributed by atoms with Gasteiger partial charge in [0.1, 0.15) is 11.3 Å². The number of rotatable bonds is 8. The van der Waals surface area contributed by atoms with E-state index in [4.69, 9.17) is 14.4 Å². The van der Waals surface area contributed by atoms with E-state index >= 15 is 0 Å². The number of methoxy groups -OCH3 is 1. The smallest absolute Gasteiger partial charge is 0.243 e. The molecule has 0 aliphatic carbocycles. The molecule has 3 aromatic rings. The number of nitrogens with zero attached hydrogens (tertiary/aromatic N) is 1. The van der Waals surface area contributed by atoms with Crippen LogP contribution in [-0.4, -0.2) is 28.3 Å². The van der Waals surface area contributed by atoms with Crippen LogP contribution in [0.25, 0.3) is 22.6 Å². The molecule has 7 nitrogen and oxygen atoms in total. The number of amides is 1. The number of ether oxygens (including phenoxy) is 1. The molecular formula is C20H22N2O5. The van der Waals surface area contributed by atoms with Crippen LogP contribution >= 0.6 is 0 Å². The number of benzene rings is 2. The van der Waals surface area contributed by atoms with Gasteiger partial charge in [0, 0.05) is 18.1 Å². The maximum Gasteiger partial charge on any atom is 0.243 e. The molecule has 142 valence electrons. The molecule has 3 rings (SSSR count). The number of aromatic nitrogens is 1. The first-order valence-electron chi connectivity index (χ1n) is 8.76. The second-order valence-corrected chi connectivity index (χ2v) is 6.27. The van der Waals surface area contributed by atoms with Gasteiger partial charge in [-0.1, -0.05) is 18.6 Å². The van der Waals surface area contributed by atoms with Crippen molar-refractivity contribution in [3.05, 3.63) is 48.0 Å². The van der Waals surface area contributed by atoms with Gasteiger partial charge in [0.2, 0.25) is 11.8 Å². The quantitative estimate of drug-likeness (QED) is 0.318. The lowest BCUT2D eigenvalue weighted by atomic mass is 10.0. The minimum absolute atomic E-state index is 0.241. The van der Waals surface area contributed by atoms with E-state index < -0.39 is 12.0 Å². The Labute approximate surface area is 156 Å². The molecule has 1 unspecified atom stereocenters. The third kappa shape index (κ3) is 4.64. The van der Waals surface area contributed by atoms with Crippen molar-refractivity contribution in [2.45, 2.75) is 31.8 Å². The average Bonchev–Trinajstić information content (AvgIpc) is 3.14. The van der Waals surface area contributed by atoms with Gasteiger partial charge in [0.05, 0.1) is 13.2 Å². The number of hydrogen-bond donors (Lipinski definition) is 3.